The Balaban J connectivity index is 1.55. The molecule has 6 heteroatoms. The molecule has 0 aliphatic carbocycles. The van der Waals surface area contributed by atoms with E-state index in [0.29, 0.717) is 13.1 Å². The van der Waals surface area contributed by atoms with Crippen molar-refractivity contribution in [2.75, 3.05) is 29.1 Å². The van der Waals surface area contributed by atoms with Crippen molar-refractivity contribution in [2.24, 2.45) is 5.92 Å². The van der Waals surface area contributed by atoms with Crippen LogP contribution in [0.2, 0.25) is 0 Å². The molecule has 2 aromatic carbocycles. The molecule has 28 heavy (non-hydrogen) atoms. The minimum atomic E-state index is -0.0959. The van der Waals surface area contributed by atoms with Crippen LogP contribution in [0.1, 0.15) is 25.0 Å². The van der Waals surface area contributed by atoms with Crippen LogP contribution >= 0.6 is 11.8 Å². The summed E-state index contributed by atoms with van der Waals surface area (Å²) in [5.74, 6) is 1.57. The van der Waals surface area contributed by atoms with Gasteiger partial charge >= 0.3 is 6.03 Å². The molecule has 0 fully saturated rings. The average Bonchev–Trinajstić information content (AvgIpc) is 3.12. The molecular formula is C22H27N3O2S. The molecule has 2 aromatic rings. The van der Waals surface area contributed by atoms with Gasteiger partial charge in [-0.15, -0.1) is 0 Å². The number of hydrogen-bond acceptors (Lipinski definition) is 3. The van der Waals surface area contributed by atoms with Gasteiger partial charge in [-0.3, -0.25) is 9.69 Å². The number of rotatable bonds is 7. The zero-order valence-corrected chi connectivity index (χ0v) is 17.2. The first kappa shape index (κ1) is 20.3. The second kappa shape index (κ2) is 9.64. The largest absolute Gasteiger partial charge is 0.338 e. The van der Waals surface area contributed by atoms with Crippen LogP contribution < -0.4 is 15.5 Å². The van der Waals surface area contributed by atoms with E-state index in [2.05, 4.69) is 22.8 Å². The van der Waals surface area contributed by atoms with E-state index in [1.165, 1.54) is 5.56 Å². The smallest absolute Gasteiger partial charge is 0.321 e. The first-order valence-corrected chi connectivity index (χ1v) is 10.8. The lowest BCUT2D eigenvalue weighted by molar-refractivity contribution is -0.118. The number of urea groups is 1. The number of anilines is 2. The number of carbonyl (C=O) groups is 2. The van der Waals surface area contributed by atoms with E-state index in [-0.39, 0.29) is 17.9 Å². The van der Waals surface area contributed by atoms with Gasteiger partial charge in [0.1, 0.15) is 0 Å². The van der Waals surface area contributed by atoms with Crippen LogP contribution in [0, 0.1) is 5.92 Å². The molecular weight excluding hydrogens is 370 g/mol. The van der Waals surface area contributed by atoms with Gasteiger partial charge in [-0.1, -0.05) is 43.3 Å². The van der Waals surface area contributed by atoms with E-state index < -0.39 is 0 Å². The number of benzene rings is 2. The third-order valence-corrected chi connectivity index (χ3v) is 6.02. The van der Waals surface area contributed by atoms with E-state index in [1.807, 2.05) is 50.2 Å². The molecule has 5 nitrogen and oxygen atoms in total. The predicted octanol–water partition coefficient (Wildman–Crippen LogP) is 4.29. The van der Waals surface area contributed by atoms with Crippen molar-refractivity contribution in [2.45, 2.75) is 26.0 Å². The van der Waals surface area contributed by atoms with Crippen molar-refractivity contribution in [3.8, 4) is 0 Å². The Hall–Kier alpha value is -2.47. The van der Waals surface area contributed by atoms with Crippen LogP contribution in [0.15, 0.2) is 48.5 Å². The van der Waals surface area contributed by atoms with Gasteiger partial charge in [0.25, 0.3) is 0 Å². The third-order valence-electron chi connectivity index (χ3n) is 4.75. The molecule has 0 saturated heterocycles. The minimum Gasteiger partial charge on any atom is -0.338 e. The molecule has 2 N–H and O–H groups in total. The maximum absolute atomic E-state index is 12.6. The molecule has 0 spiro atoms. The maximum atomic E-state index is 12.6. The van der Waals surface area contributed by atoms with Gasteiger partial charge in [-0.2, -0.15) is 11.8 Å². The Morgan fingerprint density at radius 1 is 1.18 bits per heavy atom. The first-order chi connectivity index (χ1) is 13.6. The van der Waals surface area contributed by atoms with Gasteiger partial charge in [0.2, 0.25) is 5.91 Å². The van der Waals surface area contributed by atoms with E-state index >= 15 is 0 Å². The molecule has 1 atom stereocenters. The molecule has 1 aliphatic rings. The molecule has 0 aromatic heterocycles. The molecule has 148 valence electrons. The van der Waals surface area contributed by atoms with Crippen LogP contribution in [0.5, 0.6) is 0 Å². The fourth-order valence-electron chi connectivity index (χ4n) is 3.18. The van der Waals surface area contributed by atoms with Crippen LogP contribution in [-0.4, -0.2) is 30.8 Å². The summed E-state index contributed by atoms with van der Waals surface area (Å²) in [4.78, 5) is 26.5. The Kier molecular flexibility index (Phi) is 6.98. The molecule has 0 bridgehead atoms. The molecule has 0 unspecified atom stereocenters. The number of thioether (sulfide) groups is 1. The highest BCUT2D eigenvalue weighted by Gasteiger charge is 2.25. The number of nitrogens with zero attached hydrogens (tertiary/aromatic N) is 1. The Morgan fingerprint density at radius 2 is 1.96 bits per heavy atom. The number of amides is 3. The molecule has 0 radical (unpaired) electrons. The molecule has 1 aliphatic heterocycles. The van der Waals surface area contributed by atoms with E-state index in [4.69, 9.17) is 0 Å². The van der Waals surface area contributed by atoms with Gasteiger partial charge in [-0.05, 0) is 36.6 Å². The summed E-state index contributed by atoms with van der Waals surface area (Å²) in [6.45, 7) is 5.12. The second-order valence-corrected chi connectivity index (χ2v) is 8.00. The quantitative estimate of drug-likeness (QED) is 0.733. The van der Waals surface area contributed by atoms with E-state index in [1.54, 1.807) is 16.7 Å². The maximum Gasteiger partial charge on any atom is 0.321 e. The zero-order valence-electron chi connectivity index (χ0n) is 16.4. The topological polar surface area (TPSA) is 61.4 Å². The zero-order chi connectivity index (χ0) is 19.9. The molecule has 0 saturated carbocycles. The average molecular weight is 398 g/mol. The normalized spacial score (nSPS) is 13.7. The summed E-state index contributed by atoms with van der Waals surface area (Å²) in [5, 5.41) is 5.84. The first-order valence-electron chi connectivity index (χ1n) is 9.69. The lowest BCUT2D eigenvalue weighted by Gasteiger charge is -2.19. The number of fused-ring (bicyclic) bond motifs is 1. The van der Waals surface area contributed by atoms with Gasteiger partial charge in [-0.25, -0.2) is 4.79 Å². The summed E-state index contributed by atoms with van der Waals surface area (Å²) in [7, 11) is 0. The fraction of sp³-hybridized carbons (Fsp3) is 0.364. The second-order valence-electron chi connectivity index (χ2n) is 6.97. The molecule has 1 heterocycles. The standard InChI is InChI=1S/C22H27N3O2S/c1-3-23-22(27)25-12-11-18-9-10-19(13-20(18)25)24-21(26)16(2)14-28-15-17-7-5-4-6-8-17/h4-10,13,16H,3,11-12,14-15H2,1-2H3,(H,23,27)(H,24,26)/t16-/m0/s1. The van der Waals surface area contributed by atoms with Crippen LogP contribution in [-0.2, 0) is 17.0 Å². The highest BCUT2D eigenvalue weighted by Crippen LogP contribution is 2.31. The van der Waals surface area contributed by atoms with E-state index in [0.717, 1.165) is 34.9 Å². The Bertz CT molecular complexity index is 826. The Morgan fingerprint density at radius 3 is 2.71 bits per heavy atom. The summed E-state index contributed by atoms with van der Waals surface area (Å²) in [6.07, 6.45) is 0.840. The van der Waals surface area contributed by atoms with Gasteiger partial charge < -0.3 is 10.6 Å². The number of nitrogens with one attached hydrogen (secondary N) is 2. The highest BCUT2D eigenvalue weighted by atomic mass is 32.2. The summed E-state index contributed by atoms with van der Waals surface area (Å²) in [6, 6.07) is 16.0. The predicted molar refractivity (Wildman–Crippen MR) is 117 cm³/mol. The van der Waals surface area contributed by atoms with Crippen molar-refractivity contribution >= 4 is 35.1 Å². The number of hydrogen-bond donors (Lipinski definition) is 2. The molecule has 3 rings (SSSR count). The van der Waals surface area contributed by atoms with Crippen molar-refractivity contribution in [1.29, 1.82) is 0 Å². The van der Waals surface area contributed by atoms with Crippen LogP contribution in [0.25, 0.3) is 0 Å². The van der Waals surface area contributed by atoms with Gasteiger partial charge in [0, 0.05) is 36.2 Å². The van der Waals surface area contributed by atoms with Crippen LogP contribution in [0.3, 0.4) is 0 Å². The van der Waals surface area contributed by atoms with Crippen molar-refractivity contribution in [1.82, 2.24) is 5.32 Å². The van der Waals surface area contributed by atoms with Crippen molar-refractivity contribution < 1.29 is 9.59 Å². The lowest BCUT2D eigenvalue weighted by Crippen LogP contribution is -2.38. The van der Waals surface area contributed by atoms with E-state index in [9.17, 15) is 9.59 Å². The SMILES string of the molecule is CCNC(=O)N1CCc2ccc(NC(=O)[C@@H](C)CSCc3ccccc3)cc21. The van der Waals surface area contributed by atoms with Crippen molar-refractivity contribution in [3.05, 3.63) is 59.7 Å². The Labute approximate surface area is 170 Å². The molecule has 3 amide bonds. The van der Waals surface area contributed by atoms with Gasteiger partial charge in [0.15, 0.2) is 0 Å². The van der Waals surface area contributed by atoms with Crippen LogP contribution in [0.4, 0.5) is 16.2 Å². The third kappa shape index (κ3) is 5.07. The van der Waals surface area contributed by atoms with Crippen molar-refractivity contribution in [3.63, 3.8) is 0 Å². The summed E-state index contributed by atoms with van der Waals surface area (Å²) in [5.41, 5.74) is 4.02. The summed E-state index contributed by atoms with van der Waals surface area (Å²) >= 11 is 1.76. The minimum absolute atomic E-state index is 0.00284. The highest BCUT2D eigenvalue weighted by molar-refractivity contribution is 7.98. The lowest BCUT2D eigenvalue weighted by atomic mass is 10.1. The monoisotopic (exact) mass is 397 g/mol. The number of carbonyl (C=O) groups excluding carboxylic acids is 2. The fourth-order valence-corrected chi connectivity index (χ4v) is 4.23. The summed E-state index contributed by atoms with van der Waals surface area (Å²) < 4.78 is 0. The van der Waals surface area contributed by atoms with Gasteiger partial charge in [0.05, 0.1) is 5.69 Å².